The molecule has 0 spiro atoms. The summed E-state index contributed by atoms with van der Waals surface area (Å²) < 4.78 is 11.8. The van der Waals surface area contributed by atoms with Gasteiger partial charge in [-0.2, -0.15) is 0 Å². The third-order valence-corrected chi connectivity index (χ3v) is 14.2. The second-order valence-corrected chi connectivity index (χ2v) is 16.3. The number of benzene rings is 2. The number of phenols is 2. The molecule has 0 saturated heterocycles. The highest BCUT2D eigenvalue weighted by molar-refractivity contribution is 5.93. The number of carbonyl (C=O) groups excluding carboxylic acids is 2. The largest absolute Gasteiger partial charge is 0.508 e. The monoisotopic (exact) mass is 644 g/mol. The number of phenolic OH excluding ortho intramolecular Hbond substituents is 2. The van der Waals surface area contributed by atoms with Crippen LogP contribution in [0.3, 0.4) is 0 Å². The SMILES string of the molecule is C[C@]12CC[C@@H]3c4c(cc(O)cc4OC(=O)CC(=O)Oc4cc(O)cc5c4[C@H]4CC[C@]6(C)[C@H](O)CC[C@H]6[C@@H]4CC5)CC[C@H]3[C@@H]1CC[C@H]2O. The van der Waals surface area contributed by atoms with Crippen LogP contribution in [0.2, 0.25) is 0 Å². The molecule has 0 heterocycles. The van der Waals surface area contributed by atoms with Gasteiger partial charge in [0.1, 0.15) is 29.4 Å². The van der Waals surface area contributed by atoms with Crippen LogP contribution in [0, 0.1) is 34.5 Å². The Hall–Kier alpha value is -3.10. The van der Waals surface area contributed by atoms with Crippen molar-refractivity contribution in [3.8, 4) is 23.0 Å². The van der Waals surface area contributed by atoms with Gasteiger partial charge in [-0.3, -0.25) is 9.59 Å². The molecule has 0 aromatic heterocycles. The number of ether oxygens (including phenoxy) is 2. The van der Waals surface area contributed by atoms with Crippen molar-refractivity contribution in [2.75, 3.05) is 0 Å². The number of hydrogen-bond acceptors (Lipinski definition) is 8. The van der Waals surface area contributed by atoms with Crippen LogP contribution < -0.4 is 9.47 Å². The number of rotatable bonds is 4. The summed E-state index contributed by atoms with van der Waals surface area (Å²) in [5, 5.41) is 42.7. The second-order valence-electron chi connectivity index (χ2n) is 16.3. The highest BCUT2D eigenvalue weighted by Gasteiger charge is 2.56. The van der Waals surface area contributed by atoms with E-state index in [-0.39, 0.29) is 46.4 Å². The Morgan fingerprint density at radius 1 is 0.660 bits per heavy atom. The summed E-state index contributed by atoms with van der Waals surface area (Å²) in [6.45, 7) is 4.44. The summed E-state index contributed by atoms with van der Waals surface area (Å²) in [7, 11) is 0. The van der Waals surface area contributed by atoms with Crippen LogP contribution in [-0.4, -0.2) is 44.6 Å². The van der Waals surface area contributed by atoms with Crippen molar-refractivity contribution >= 4 is 11.9 Å². The van der Waals surface area contributed by atoms with Gasteiger partial charge in [0.05, 0.1) is 12.2 Å². The van der Waals surface area contributed by atoms with Gasteiger partial charge in [-0.25, -0.2) is 0 Å². The number of carbonyl (C=O) groups is 2. The van der Waals surface area contributed by atoms with E-state index in [0.29, 0.717) is 35.2 Å². The lowest BCUT2D eigenvalue weighted by Crippen LogP contribution is -2.44. The standard InChI is InChI=1S/C39H48O8/c1-38-13-11-26-24(28(38)7-9-32(38)42)5-3-20-15-22(40)17-30(36(20)26)46-34(44)19-35(45)47-31-18-23(41)16-21-4-6-25-27(37(21)31)12-14-39(2)29(25)8-10-33(39)43/h15-18,24-29,32-33,40-43H,3-14,19H2,1-2H3/t24-,25-,26+,27+,28+,29+,32-,33-,38+,39+/m1/s1. The van der Waals surface area contributed by atoms with Crippen molar-refractivity contribution in [1.82, 2.24) is 0 Å². The smallest absolute Gasteiger partial charge is 0.322 e. The average molecular weight is 645 g/mol. The van der Waals surface area contributed by atoms with Crippen LogP contribution in [0.1, 0.15) is 119 Å². The molecule has 0 radical (unpaired) electrons. The fourth-order valence-corrected chi connectivity index (χ4v) is 11.9. The van der Waals surface area contributed by atoms with Gasteiger partial charge < -0.3 is 29.9 Å². The highest BCUT2D eigenvalue weighted by atomic mass is 16.6. The minimum atomic E-state index is -0.748. The Labute approximate surface area is 276 Å². The number of aliphatic hydroxyl groups is 2. The van der Waals surface area contributed by atoms with Crippen LogP contribution in [0.4, 0.5) is 0 Å². The first-order valence-electron chi connectivity index (χ1n) is 18.0. The average Bonchev–Trinajstić information content (AvgIpc) is 3.50. The number of hydrogen-bond donors (Lipinski definition) is 4. The molecular formula is C39H48O8. The summed E-state index contributed by atoms with van der Waals surface area (Å²) >= 11 is 0. The van der Waals surface area contributed by atoms with Crippen LogP contribution in [0.25, 0.3) is 0 Å². The fourth-order valence-electron chi connectivity index (χ4n) is 11.9. The summed E-state index contributed by atoms with van der Waals surface area (Å²) in [5.41, 5.74) is 3.71. The van der Waals surface area contributed by atoms with Crippen LogP contribution in [0.15, 0.2) is 24.3 Å². The molecule has 4 N–H and O–H groups in total. The zero-order chi connectivity index (χ0) is 32.8. The molecule has 0 unspecified atom stereocenters. The normalized spacial score (nSPS) is 38.2. The maximum atomic E-state index is 13.3. The fraction of sp³-hybridized carbons (Fsp3) is 0.641. The van der Waals surface area contributed by atoms with E-state index in [1.54, 1.807) is 12.1 Å². The Morgan fingerprint density at radius 2 is 1.09 bits per heavy atom. The summed E-state index contributed by atoms with van der Waals surface area (Å²) in [5.74, 6) is 1.09. The van der Waals surface area contributed by atoms with Crippen LogP contribution in [-0.2, 0) is 22.4 Å². The molecule has 6 aliphatic rings. The lowest BCUT2D eigenvalue weighted by atomic mass is 9.55. The Bertz CT molecular complexity index is 1500. The molecule has 252 valence electrons. The predicted molar refractivity (Wildman–Crippen MR) is 173 cm³/mol. The molecule has 6 aliphatic carbocycles. The number of esters is 2. The molecule has 2 aromatic rings. The van der Waals surface area contributed by atoms with E-state index in [1.807, 2.05) is 0 Å². The zero-order valence-corrected chi connectivity index (χ0v) is 27.5. The van der Waals surface area contributed by atoms with Gasteiger partial charge >= 0.3 is 11.9 Å². The molecule has 2 aromatic carbocycles. The Balaban J connectivity index is 1.00. The van der Waals surface area contributed by atoms with Gasteiger partial charge in [0.2, 0.25) is 0 Å². The van der Waals surface area contributed by atoms with Gasteiger partial charge in [-0.1, -0.05) is 13.8 Å². The molecule has 8 rings (SSSR count). The molecule has 10 atom stereocenters. The topological polar surface area (TPSA) is 134 Å². The molecule has 0 aliphatic heterocycles. The van der Waals surface area contributed by atoms with Crippen molar-refractivity contribution in [3.63, 3.8) is 0 Å². The van der Waals surface area contributed by atoms with Crippen LogP contribution in [0.5, 0.6) is 23.0 Å². The second kappa shape index (κ2) is 11.2. The Morgan fingerprint density at radius 3 is 1.51 bits per heavy atom. The minimum Gasteiger partial charge on any atom is -0.508 e. The van der Waals surface area contributed by atoms with Crippen LogP contribution >= 0.6 is 0 Å². The van der Waals surface area contributed by atoms with E-state index in [2.05, 4.69) is 13.8 Å². The highest BCUT2D eigenvalue weighted by Crippen LogP contribution is 2.63. The number of aryl methyl sites for hydroxylation is 2. The van der Waals surface area contributed by atoms with Crippen molar-refractivity contribution in [1.29, 1.82) is 0 Å². The number of fused-ring (bicyclic) bond motifs is 10. The third kappa shape index (κ3) is 4.91. The molecule has 4 fully saturated rings. The number of aliphatic hydroxyl groups excluding tert-OH is 2. The van der Waals surface area contributed by atoms with E-state index in [1.165, 1.54) is 12.1 Å². The quantitative estimate of drug-likeness (QED) is 0.170. The van der Waals surface area contributed by atoms with E-state index < -0.39 is 18.4 Å². The molecule has 4 saturated carbocycles. The van der Waals surface area contributed by atoms with Gasteiger partial charge in [0.25, 0.3) is 0 Å². The van der Waals surface area contributed by atoms with E-state index in [4.69, 9.17) is 9.47 Å². The van der Waals surface area contributed by atoms with Crippen molar-refractivity contribution < 1.29 is 39.5 Å². The van der Waals surface area contributed by atoms with E-state index in [9.17, 15) is 30.0 Å². The molecule has 8 nitrogen and oxygen atoms in total. The molecule has 8 heteroatoms. The first-order valence-corrected chi connectivity index (χ1v) is 18.0. The van der Waals surface area contributed by atoms with Gasteiger partial charge in [-0.15, -0.1) is 0 Å². The van der Waals surface area contributed by atoms with Gasteiger partial charge in [0, 0.05) is 23.3 Å². The van der Waals surface area contributed by atoms with Gasteiger partial charge in [-0.05, 0) is 147 Å². The van der Waals surface area contributed by atoms with E-state index >= 15 is 0 Å². The molecular weight excluding hydrogens is 596 g/mol. The van der Waals surface area contributed by atoms with E-state index in [0.717, 1.165) is 99.3 Å². The lowest BCUT2D eigenvalue weighted by molar-refractivity contribution is -0.144. The summed E-state index contributed by atoms with van der Waals surface area (Å²) in [6, 6.07) is 6.52. The van der Waals surface area contributed by atoms with Crippen molar-refractivity contribution in [2.45, 2.75) is 121 Å². The van der Waals surface area contributed by atoms with Crippen molar-refractivity contribution in [2.24, 2.45) is 34.5 Å². The van der Waals surface area contributed by atoms with Crippen molar-refractivity contribution in [3.05, 3.63) is 46.5 Å². The first kappa shape index (κ1) is 31.2. The van der Waals surface area contributed by atoms with Gasteiger partial charge in [0.15, 0.2) is 0 Å². The summed E-state index contributed by atoms with van der Waals surface area (Å²) in [6.07, 6.45) is 9.52. The maximum Gasteiger partial charge on any atom is 0.322 e. The maximum absolute atomic E-state index is 13.3. The third-order valence-electron chi connectivity index (χ3n) is 14.2. The minimum absolute atomic E-state index is 0.0313. The zero-order valence-electron chi connectivity index (χ0n) is 27.5. The predicted octanol–water partition coefficient (Wildman–Crippen LogP) is 6.43. The first-order chi connectivity index (χ1) is 22.5. The number of aromatic hydroxyl groups is 2. The summed E-state index contributed by atoms with van der Waals surface area (Å²) in [4.78, 5) is 26.6. The molecule has 0 bridgehead atoms. The lowest BCUT2D eigenvalue weighted by Gasteiger charge is -2.50. The molecule has 47 heavy (non-hydrogen) atoms. The molecule has 0 amide bonds. The Kier molecular flexibility index (Phi) is 7.45.